The predicted molar refractivity (Wildman–Crippen MR) is 54.5 cm³/mol. The van der Waals surface area contributed by atoms with E-state index in [-0.39, 0.29) is 0 Å². The first-order chi connectivity index (χ1) is 6.93. The van der Waals surface area contributed by atoms with E-state index in [2.05, 4.69) is 6.92 Å². The van der Waals surface area contributed by atoms with Gasteiger partial charge in [0.05, 0.1) is 19.6 Å². The van der Waals surface area contributed by atoms with E-state index in [1.807, 2.05) is 4.90 Å². The predicted octanol–water partition coefficient (Wildman–Crippen LogP) is 2.16. The molecule has 1 aliphatic rings. The van der Waals surface area contributed by atoms with Crippen LogP contribution in [0, 0.1) is 0 Å². The van der Waals surface area contributed by atoms with E-state index < -0.39 is 7.25 Å². The van der Waals surface area contributed by atoms with Crippen LogP contribution in [0.3, 0.4) is 0 Å². The maximum absolute atomic E-state index is 9.75. The van der Waals surface area contributed by atoms with Crippen LogP contribution in [0.2, 0.25) is 0 Å². The summed E-state index contributed by atoms with van der Waals surface area (Å²) in [6.45, 7) is 6.61. The number of rotatable bonds is 4. The van der Waals surface area contributed by atoms with E-state index in [4.69, 9.17) is 0 Å². The Morgan fingerprint density at radius 2 is 1.47 bits per heavy atom. The highest BCUT2D eigenvalue weighted by Crippen LogP contribution is 2.06. The van der Waals surface area contributed by atoms with Crippen molar-refractivity contribution in [2.45, 2.75) is 39.0 Å². The first kappa shape index (κ1) is 14.7. The number of likely N-dealkylation sites (tertiary alicyclic amines) is 1. The zero-order valence-corrected chi connectivity index (χ0v) is 9.25. The molecule has 1 saturated heterocycles. The van der Waals surface area contributed by atoms with Gasteiger partial charge in [-0.25, -0.2) is 0 Å². The van der Waals surface area contributed by atoms with Crippen LogP contribution in [-0.4, -0.2) is 26.9 Å². The van der Waals surface area contributed by atoms with Gasteiger partial charge in [0, 0.05) is 12.8 Å². The van der Waals surface area contributed by atoms with Crippen LogP contribution in [-0.2, 0) is 0 Å². The molecule has 1 rings (SSSR count). The molecule has 6 heteroatoms. The molecule has 0 aromatic rings. The second-order valence-corrected chi connectivity index (χ2v) is 3.91. The van der Waals surface area contributed by atoms with E-state index in [0.717, 1.165) is 0 Å². The van der Waals surface area contributed by atoms with Crippen LogP contribution in [0.15, 0.2) is 0 Å². The fourth-order valence-electron chi connectivity index (χ4n) is 1.75. The lowest BCUT2D eigenvalue weighted by molar-refractivity contribution is -0.887. The highest BCUT2D eigenvalue weighted by molar-refractivity contribution is 6.50. The summed E-state index contributed by atoms with van der Waals surface area (Å²) in [7, 11) is -6.00. The number of quaternary nitrogens is 1. The van der Waals surface area contributed by atoms with Gasteiger partial charge in [-0.05, 0) is 12.8 Å². The SMILES string of the molecule is CCCCC[NH+]1CCCC1.F[B-](F)(F)F. The average molecular weight is 229 g/mol. The highest BCUT2D eigenvalue weighted by Gasteiger charge is 2.20. The number of halogens is 4. The van der Waals surface area contributed by atoms with E-state index in [9.17, 15) is 17.3 Å². The Hall–Kier alpha value is -0.255. The molecule has 1 heterocycles. The van der Waals surface area contributed by atoms with Crippen molar-refractivity contribution in [3.63, 3.8) is 0 Å². The maximum atomic E-state index is 9.75. The van der Waals surface area contributed by atoms with Crippen molar-refractivity contribution in [1.29, 1.82) is 0 Å². The minimum absolute atomic E-state index is 1.37. The normalized spacial score (nSPS) is 17.4. The van der Waals surface area contributed by atoms with Crippen LogP contribution in [0.5, 0.6) is 0 Å². The molecule has 15 heavy (non-hydrogen) atoms. The molecule has 1 aliphatic heterocycles. The van der Waals surface area contributed by atoms with E-state index >= 15 is 0 Å². The first-order valence-electron chi connectivity index (χ1n) is 5.64. The Kier molecular flexibility index (Phi) is 7.83. The Morgan fingerprint density at radius 3 is 1.87 bits per heavy atom. The smallest absolute Gasteiger partial charge is 0.418 e. The third-order valence-electron chi connectivity index (χ3n) is 2.44. The summed E-state index contributed by atoms with van der Waals surface area (Å²) in [4.78, 5) is 1.86. The summed E-state index contributed by atoms with van der Waals surface area (Å²) < 4.78 is 39.0. The van der Waals surface area contributed by atoms with Gasteiger partial charge in [-0.3, -0.25) is 0 Å². The van der Waals surface area contributed by atoms with Crippen LogP contribution >= 0.6 is 0 Å². The quantitative estimate of drug-likeness (QED) is 0.428. The van der Waals surface area contributed by atoms with E-state index in [1.165, 1.54) is 51.7 Å². The molecular formula is C9H20BF4N. The molecule has 0 spiro atoms. The van der Waals surface area contributed by atoms with Crippen molar-refractivity contribution in [3.05, 3.63) is 0 Å². The standard InChI is InChI=1S/C9H19N.BF4/c1-2-3-4-7-10-8-5-6-9-10;2-1(3,4)5/h2-9H2,1H3;/q;-1/p+1. The Morgan fingerprint density at radius 1 is 1.00 bits per heavy atom. The zero-order valence-electron chi connectivity index (χ0n) is 9.25. The van der Waals surface area contributed by atoms with Crippen molar-refractivity contribution in [3.8, 4) is 0 Å². The monoisotopic (exact) mass is 229 g/mol. The molecule has 1 N–H and O–H groups in total. The highest BCUT2D eigenvalue weighted by atomic mass is 19.5. The number of unbranched alkanes of at least 4 members (excludes halogenated alkanes) is 2. The summed E-state index contributed by atoms with van der Waals surface area (Å²) in [6.07, 6.45) is 7.20. The minimum atomic E-state index is -6.00. The van der Waals surface area contributed by atoms with Gasteiger partial charge in [-0.2, -0.15) is 0 Å². The molecule has 0 unspecified atom stereocenters. The van der Waals surface area contributed by atoms with Gasteiger partial charge in [0.1, 0.15) is 0 Å². The summed E-state index contributed by atoms with van der Waals surface area (Å²) in [5.41, 5.74) is 0. The fourth-order valence-corrected chi connectivity index (χ4v) is 1.75. The van der Waals surface area contributed by atoms with E-state index in [1.54, 1.807) is 0 Å². The van der Waals surface area contributed by atoms with Crippen molar-refractivity contribution in [2.24, 2.45) is 0 Å². The molecule has 1 fully saturated rings. The Labute approximate surface area is 88.9 Å². The largest absolute Gasteiger partial charge is 0.673 e. The molecule has 0 aromatic carbocycles. The van der Waals surface area contributed by atoms with E-state index in [0.29, 0.717) is 0 Å². The van der Waals surface area contributed by atoms with Gasteiger partial charge < -0.3 is 22.2 Å². The summed E-state index contributed by atoms with van der Waals surface area (Å²) in [5.74, 6) is 0. The van der Waals surface area contributed by atoms with Crippen molar-refractivity contribution >= 4 is 7.25 Å². The lowest BCUT2D eigenvalue weighted by atomic mass is 10.2. The topological polar surface area (TPSA) is 4.44 Å². The molecule has 0 bridgehead atoms. The average Bonchev–Trinajstić information content (AvgIpc) is 2.54. The van der Waals surface area contributed by atoms with Crippen LogP contribution in [0.4, 0.5) is 17.3 Å². The lowest BCUT2D eigenvalue weighted by Crippen LogP contribution is -3.09. The summed E-state index contributed by atoms with van der Waals surface area (Å²) >= 11 is 0. The molecule has 0 radical (unpaired) electrons. The van der Waals surface area contributed by atoms with Gasteiger partial charge in [0.2, 0.25) is 0 Å². The van der Waals surface area contributed by atoms with Gasteiger partial charge in [-0.1, -0.05) is 13.3 Å². The Bertz CT molecular complexity index is 140. The molecule has 1 nitrogen and oxygen atoms in total. The fraction of sp³-hybridized carbons (Fsp3) is 1.00. The molecule has 0 aliphatic carbocycles. The van der Waals surface area contributed by atoms with Crippen molar-refractivity contribution in [1.82, 2.24) is 0 Å². The van der Waals surface area contributed by atoms with Gasteiger partial charge in [0.15, 0.2) is 0 Å². The molecule has 0 amide bonds. The molecular weight excluding hydrogens is 209 g/mol. The first-order valence-corrected chi connectivity index (χ1v) is 5.64. The lowest BCUT2D eigenvalue weighted by Gasteiger charge is -2.10. The molecule has 0 atom stereocenters. The third kappa shape index (κ3) is 13.7. The van der Waals surface area contributed by atoms with Crippen LogP contribution in [0.25, 0.3) is 0 Å². The second kappa shape index (κ2) is 7.96. The van der Waals surface area contributed by atoms with Gasteiger partial charge >= 0.3 is 7.25 Å². The molecule has 0 aromatic heterocycles. The third-order valence-corrected chi connectivity index (χ3v) is 2.44. The van der Waals surface area contributed by atoms with Crippen molar-refractivity contribution in [2.75, 3.05) is 19.6 Å². The molecule has 0 saturated carbocycles. The number of nitrogens with one attached hydrogen (secondary N) is 1. The second-order valence-electron chi connectivity index (χ2n) is 3.91. The van der Waals surface area contributed by atoms with Crippen LogP contribution < -0.4 is 4.90 Å². The van der Waals surface area contributed by atoms with Gasteiger partial charge in [-0.15, -0.1) is 0 Å². The zero-order chi connectivity index (χ0) is 11.7. The number of hydrogen-bond acceptors (Lipinski definition) is 0. The number of hydrogen-bond donors (Lipinski definition) is 1. The summed E-state index contributed by atoms with van der Waals surface area (Å²) in [6, 6.07) is 0. The minimum Gasteiger partial charge on any atom is -0.418 e. The summed E-state index contributed by atoms with van der Waals surface area (Å²) in [5, 5.41) is 0. The van der Waals surface area contributed by atoms with Crippen molar-refractivity contribution < 1.29 is 22.2 Å². The molecule has 92 valence electrons. The Balaban J connectivity index is 0.000000336. The van der Waals surface area contributed by atoms with Crippen LogP contribution in [0.1, 0.15) is 39.0 Å². The maximum Gasteiger partial charge on any atom is 0.673 e. The van der Waals surface area contributed by atoms with Gasteiger partial charge in [0.25, 0.3) is 0 Å².